The monoisotopic (exact) mass is 1370 g/mol. The number of hydrogen-bond acceptors (Lipinski definition) is 28. The Morgan fingerprint density at radius 3 is 0.330 bits per heavy atom. The molecule has 0 aliphatic rings. The van der Waals surface area contributed by atoms with Gasteiger partial charge in [-0.25, -0.2) is 0 Å². The van der Waals surface area contributed by atoms with Crippen LogP contribution in [0.4, 0.5) is 0 Å². The molecule has 0 fully saturated rings. The van der Waals surface area contributed by atoms with E-state index in [1.807, 2.05) is 0 Å². The molecular weight excluding hydrogens is 1240 g/mol. The van der Waals surface area contributed by atoms with Gasteiger partial charge in [-0.2, -0.15) is 0 Å². The Morgan fingerprint density at radius 2 is 0.213 bits per heavy atom. The molecule has 0 aliphatic carbocycles. The lowest BCUT2D eigenvalue weighted by atomic mass is 10.1. The van der Waals surface area contributed by atoms with E-state index in [4.69, 9.17) is 133 Å². The van der Waals surface area contributed by atoms with Gasteiger partial charge in [0.15, 0.2) is 0 Å². The molecule has 0 unspecified atom stereocenters. The molecule has 0 radical (unpaired) electrons. The third kappa shape index (κ3) is 90.9. The molecule has 0 amide bonds. The van der Waals surface area contributed by atoms with Gasteiger partial charge in [0.1, 0.15) is 0 Å². The van der Waals surface area contributed by atoms with Crippen LogP contribution in [0.3, 0.4) is 0 Å². The van der Waals surface area contributed by atoms with Crippen LogP contribution in [0.2, 0.25) is 0 Å². The predicted octanol–water partition coefficient (Wildman–Crippen LogP) is 4.35. The standard InChI is InChI=1S/C66H134O28/c1-2-3-4-5-6-7-8-9-10-11-13-68-15-17-70-19-21-72-23-25-74-27-29-76-31-33-78-35-37-80-39-41-82-43-45-84-47-49-86-51-53-88-55-57-90-59-61-92-63-65-94-66-64-93-62-60-91-58-56-89-54-52-87-50-48-85-46-44-83-42-40-81-38-36-79-34-32-77-30-28-75-26-24-73-22-20-71-18-16-69-14-12-67/h67H,2-66H2,1H3. The third-order valence-electron chi connectivity index (χ3n) is 12.6. The van der Waals surface area contributed by atoms with Gasteiger partial charge >= 0.3 is 0 Å². The summed E-state index contributed by atoms with van der Waals surface area (Å²) in [6.07, 6.45) is 13.3. The van der Waals surface area contributed by atoms with E-state index in [1.165, 1.54) is 57.8 Å². The first-order chi connectivity index (χ1) is 46.9. The minimum atomic E-state index is 0.0175. The van der Waals surface area contributed by atoms with Crippen LogP contribution in [0.1, 0.15) is 71.1 Å². The Bertz CT molecular complexity index is 1190. The van der Waals surface area contributed by atoms with E-state index in [2.05, 4.69) is 6.92 Å². The molecule has 0 spiro atoms. The fourth-order valence-electron chi connectivity index (χ4n) is 7.58. The molecular formula is C66H134O28. The van der Waals surface area contributed by atoms with Crippen LogP contribution >= 0.6 is 0 Å². The van der Waals surface area contributed by atoms with Crippen LogP contribution in [-0.4, -0.2) is 368 Å². The van der Waals surface area contributed by atoms with E-state index in [9.17, 15) is 0 Å². The zero-order valence-electron chi connectivity index (χ0n) is 58.4. The smallest absolute Gasteiger partial charge is 0.0701 e. The molecule has 0 bridgehead atoms. The van der Waals surface area contributed by atoms with E-state index in [0.29, 0.717) is 350 Å². The van der Waals surface area contributed by atoms with Crippen LogP contribution in [-0.2, 0) is 128 Å². The first kappa shape index (κ1) is 92.9. The van der Waals surface area contributed by atoms with Gasteiger partial charge in [0.2, 0.25) is 0 Å². The van der Waals surface area contributed by atoms with Gasteiger partial charge in [-0.3, -0.25) is 0 Å². The van der Waals surface area contributed by atoms with Crippen molar-refractivity contribution in [2.45, 2.75) is 71.1 Å². The van der Waals surface area contributed by atoms with Gasteiger partial charge < -0.3 is 133 Å². The zero-order valence-corrected chi connectivity index (χ0v) is 58.4. The molecule has 1 N–H and O–H groups in total. The summed E-state index contributed by atoms with van der Waals surface area (Å²) < 4.78 is 149. The van der Waals surface area contributed by atoms with E-state index in [1.54, 1.807) is 0 Å². The molecule has 566 valence electrons. The Hall–Kier alpha value is -1.12. The van der Waals surface area contributed by atoms with Crippen LogP contribution in [0.15, 0.2) is 0 Å². The molecule has 0 aromatic carbocycles. The van der Waals surface area contributed by atoms with Gasteiger partial charge in [-0.05, 0) is 6.42 Å². The maximum Gasteiger partial charge on any atom is 0.0701 e. The van der Waals surface area contributed by atoms with Crippen LogP contribution in [0.25, 0.3) is 0 Å². The van der Waals surface area contributed by atoms with Gasteiger partial charge in [-0.15, -0.1) is 0 Å². The first-order valence-corrected chi connectivity index (χ1v) is 35.1. The van der Waals surface area contributed by atoms with E-state index < -0.39 is 0 Å². The molecule has 0 atom stereocenters. The molecule has 28 nitrogen and oxygen atoms in total. The Morgan fingerprint density at radius 1 is 0.117 bits per heavy atom. The van der Waals surface area contributed by atoms with E-state index in [-0.39, 0.29) is 6.61 Å². The van der Waals surface area contributed by atoms with E-state index >= 15 is 0 Å². The van der Waals surface area contributed by atoms with Crippen molar-refractivity contribution in [2.75, 3.05) is 363 Å². The molecule has 0 heterocycles. The highest BCUT2D eigenvalue weighted by Gasteiger charge is 2.02. The number of ether oxygens (including phenoxy) is 27. The van der Waals surface area contributed by atoms with Crippen LogP contribution in [0, 0.1) is 0 Å². The van der Waals surface area contributed by atoms with E-state index in [0.717, 1.165) is 13.0 Å². The van der Waals surface area contributed by atoms with Crippen LogP contribution < -0.4 is 0 Å². The van der Waals surface area contributed by atoms with Crippen LogP contribution in [0.5, 0.6) is 0 Å². The van der Waals surface area contributed by atoms with Gasteiger partial charge in [0.05, 0.1) is 357 Å². The van der Waals surface area contributed by atoms with Crippen molar-refractivity contribution in [1.82, 2.24) is 0 Å². The maximum absolute atomic E-state index is 8.62. The Kier molecular flexibility index (Phi) is 90.8. The van der Waals surface area contributed by atoms with Crippen molar-refractivity contribution in [2.24, 2.45) is 0 Å². The highest BCUT2D eigenvalue weighted by molar-refractivity contribution is 4.49. The third-order valence-corrected chi connectivity index (χ3v) is 12.6. The van der Waals surface area contributed by atoms with Crippen molar-refractivity contribution in [3.8, 4) is 0 Å². The second-order valence-electron chi connectivity index (χ2n) is 20.4. The molecule has 0 aliphatic heterocycles. The minimum absolute atomic E-state index is 0.0175. The number of unbranched alkanes of at least 4 members (excludes halogenated alkanes) is 9. The lowest BCUT2D eigenvalue weighted by Gasteiger charge is -2.09. The fraction of sp³-hybridized carbons (Fsp3) is 1.00. The normalized spacial score (nSPS) is 11.8. The summed E-state index contributed by atoms with van der Waals surface area (Å²) in [5, 5.41) is 8.62. The van der Waals surface area contributed by atoms with Crippen molar-refractivity contribution >= 4 is 0 Å². The maximum atomic E-state index is 8.62. The summed E-state index contributed by atoms with van der Waals surface area (Å²) in [7, 11) is 0. The Labute approximate surface area is 565 Å². The largest absolute Gasteiger partial charge is 0.394 e. The molecule has 0 aromatic rings. The fourth-order valence-corrected chi connectivity index (χ4v) is 7.58. The second-order valence-corrected chi connectivity index (χ2v) is 20.4. The number of aliphatic hydroxyl groups excluding tert-OH is 1. The summed E-state index contributed by atoms with van der Waals surface area (Å²) in [6, 6.07) is 0. The average molecular weight is 1380 g/mol. The predicted molar refractivity (Wildman–Crippen MR) is 351 cm³/mol. The number of rotatable bonds is 91. The average Bonchev–Trinajstić information content (AvgIpc) is 3.59. The summed E-state index contributed by atoms with van der Waals surface area (Å²) in [5.74, 6) is 0. The topological polar surface area (TPSA) is 269 Å². The molecule has 0 saturated carbocycles. The van der Waals surface area contributed by atoms with Gasteiger partial charge in [0, 0.05) is 6.61 Å². The quantitative estimate of drug-likeness (QED) is 0.0829. The molecule has 0 saturated heterocycles. The molecule has 94 heavy (non-hydrogen) atoms. The number of hydrogen-bond donors (Lipinski definition) is 1. The highest BCUT2D eigenvalue weighted by atomic mass is 16.6. The summed E-state index contributed by atoms with van der Waals surface area (Å²) in [5.41, 5.74) is 0. The SMILES string of the molecule is CCCCCCCCCCCCOCCOCCOCCOCCOCCOCCOCCOCCOCCOCCOCCOCCOCCOCCOCCOCCOCCOCCOCCOCCOCCOCCOCCOCCOCCOCCOCCO. The second kappa shape index (κ2) is 91.9. The first-order valence-electron chi connectivity index (χ1n) is 35.1. The van der Waals surface area contributed by atoms with Crippen molar-refractivity contribution in [3.63, 3.8) is 0 Å². The number of aliphatic hydroxyl groups is 1. The van der Waals surface area contributed by atoms with Gasteiger partial charge in [0.25, 0.3) is 0 Å². The highest BCUT2D eigenvalue weighted by Crippen LogP contribution is 2.10. The molecule has 0 rings (SSSR count). The summed E-state index contributed by atoms with van der Waals surface area (Å²) >= 11 is 0. The van der Waals surface area contributed by atoms with Crippen molar-refractivity contribution < 1.29 is 133 Å². The molecule has 28 heteroatoms. The minimum Gasteiger partial charge on any atom is -0.394 e. The Balaban J connectivity index is 3.09. The molecule has 0 aromatic heterocycles. The lowest BCUT2D eigenvalue weighted by molar-refractivity contribution is -0.0323. The lowest BCUT2D eigenvalue weighted by Crippen LogP contribution is -2.16. The van der Waals surface area contributed by atoms with Crippen molar-refractivity contribution in [1.29, 1.82) is 0 Å². The summed E-state index contributed by atoms with van der Waals surface area (Å²) in [4.78, 5) is 0. The summed E-state index contributed by atoms with van der Waals surface area (Å²) in [6.45, 7) is 29.3. The van der Waals surface area contributed by atoms with Crippen molar-refractivity contribution in [3.05, 3.63) is 0 Å². The zero-order chi connectivity index (χ0) is 67.1. The van der Waals surface area contributed by atoms with Gasteiger partial charge in [-0.1, -0.05) is 64.7 Å².